The number of benzene rings is 1. The van der Waals surface area contributed by atoms with Gasteiger partial charge in [-0.15, -0.1) is 0 Å². The van der Waals surface area contributed by atoms with Crippen molar-refractivity contribution in [2.24, 2.45) is 0 Å². The first-order chi connectivity index (χ1) is 12.7. The highest BCUT2D eigenvalue weighted by Crippen LogP contribution is 2.26. The Kier molecular flexibility index (Phi) is 4.19. The van der Waals surface area contributed by atoms with Crippen LogP contribution < -0.4 is 15.8 Å². The zero-order valence-electron chi connectivity index (χ0n) is 14.8. The second kappa shape index (κ2) is 6.65. The minimum absolute atomic E-state index is 0.251. The number of methoxy groups -OCH3 is 1. The molecule has 26 heavy (non-hydrogen) atoms. The van der Waals surface area contributed by atoms with Crippen molar-refractivity contribution >= 4 is 16.9 Å². The van der Waals surface area contributed by atoms with Crippen LogP contribution in [0.2, 0.25) is 0 Å². The van der Waals surface area contributed by atoms with Crippen molar-refractivity contribution in [3.63, 3.8) is 0 Å². The predicted octanol–water partition coefficient (Wildman–Crippen LogP) is 1.66. The van der Waals surface area contributed by atoms with E-state index >= 15 is 0 Å². The highest BCUT2D eigenvalue weighted by Gasteiger charge is 2.23. The monoisotopic (exact) mass is 348 g/mol. The minimum Gasteiger partial charge on any atom is -0.497 e. The van der Waals surface area contributed by atoms with Gasteiger partial charge in [-0.05, 0) is 49.6 Å². The van der Waals surface area contributed by atoms with Crippen LogP contribution in [0.4, 0.5) is 5.82 Å². The van der Waals surface area contributed by atoms with Gasteiger partial charge in [0.2, 0.25) is 0 Å². The van der Waals surface area contributed by atoms with Gasteiger partial charge in [0, 0.05) is 12.1 Å². The topological polar surface area (TPSA) is 90.9 Å². The molecule has 1 atom stereocenters. The summed E-state index contributed by atoms with van der Waals surface area (Å²) < 4.78 is 7.24. The summed E-state index contributed by atoms with van der Waals surface area (Å²) in [6.07, 6.45) is 2.48. The van der Waals surface area contributed by atoms with E-state index < -0.39 is 0 Å². The summed E-state index contributed by atoms with van der Waals surface area (Å²) in [6, 6.07) is 6.13. The third kappa shape index (κ3) is 2.95. The lowest BCUT2D eigenvalue weighted by molar-refractivity contribution is 0.414. The summed E-state index contributed by atoms with van der Waals surface area (Å²) in [7, 11) is 1.65. The lowest BCUT2D eigenvalue weighted by atomic mass is 10.1. The highest BCUT2D eigenvalue weighted by molar-refractivity contribution is 5.90. The average Bonchev–Trinajstić information content (AvgIpc) is 3.27. The second-order valence-electron chi connectivity index (χ2n) is 6.39. The van der Waals surface area contributed by atoms with Crippen molar-refractivity contribution < 1.29 is 4.74 Å². The molecule has 0 aliphatic carbocycles. The number of nitrogens with two attached hydrogens (primary N) is 1. The lowest BCUT2D eigenvalue weighted by Crippen LogP contribution is -2.15. The zero-order chi connectivity index (χ0) is 18.1. The molecule has 1 saturated heterocycles. The smallest absolute Gasteiger partial charge is 0.164 e. The SMILES string of the molecule is COc1cc(C)cc(C#Cc2nn([C@H]3CCNC3)c3ncnc(N)c23)c1. The van der Waals surface area contributed by atoms with E-state index in [9.17, 15) is 0 Å². The van der Waals surface area contributed by atoms with Gasteiger partial charge in [0.05, 0.1) is 18.5 Å². The Morgan fingerprint density at radius 2 is 2.15 bits per heavy atom. The molecule has 0 saturated carbocycles. The van der Waals surface area contributed by atoms with Gasteiger partial charge in [0.25, 0.3) is 0 Å². The first kappa shape index (κ1) is 16.4. The van der Waals surface area contributed by atoms with Gasteiger partial charge in [-0.1, -0.05) is 5.92 Å². The molecule has 132 valence electrons. The molecule has 1 aromatic carbocycles. The number of hydrogen-bond donors (Lipinski definition) is 2. The Morgan fingerprint density at radius 3 is 2.92 bits per heavy atom. The molecule has 1 fully saturated rings. The van der Waals surface area contributed by atoms with Gasteiger partial charge >= 0.3 is 0 Å². The number of hydrogen-bond acceptors (Lipinski definition) is 6. The Balaban J connectivity index is 1.81. The molecule has 0 radical (unpaired) electrons. The van der Waals surface area contributed by atoms with Gasteiger partial charge in [0.1, 0.15) is 23.6 Å². The van der Waals surface area contributed by atoms with Gasteiger partial charge in [-0.2, -0.15) is 5.10 Å². The fourth-order valence-electron chi connectivity index (χ4n) is 3.25. The standard InChI is InChI=1S/C19H20N6O/c1-12-7-13(9-15(8-12)26-2)3-4-16-17-18(20)22-11-23-19(17)25(24-16)14-5-6-21-10-14/h7-9,11,14,21H,5-6,10H2,1-2H3,(H2,20,22,23)/t14-/m0/s1. The van der Waals surface area contributed by atoms with E-state index in [4.69, 9.17) is 15.6 Å². The molecule has 7 heteroatoms. The van der Waals surface area contributed by atoms with E-state index in [1.165, 1.54) is 6.33 Å². The average molecular weight is 348 g/mol. The molecule has 0 spiro atoms. The molecule has 7 nitrogen and oxygen atoms in total. The van der Waals surface area contributed by atoms with Crippen LogP contribution in [0.1, 0.15) is 29.3 Å². The number of aryl methyl sites for hydroxylation is 1. The summed E-state index contributed by atoms with van der Waals surface area (Å²) >= 11 is 0. The highest BCUT2D eigenvalue weighted by atomic mass is 16.5. The van der Waals surface area contributed by atoms with Crippen molar-refractivity contribution in [3.8, 4) is 17.6 Å². The Morgan fingerprint density at radius 1 is 1.27 bits per heavy atom. The van der Waals surface area contributed by atoms with Gasteiger partial charge in [0.15, 0.2) is 5.65 Å². The van der Waals surface area contributed by atoms with Crippen molar-refractivity contribution in [2.45, 2.75) is 19.4 Å². The maximum absolute atomic E-state index is 6.10. The molecule has 4 rings (SSSR count). The van der Waals surface area contributed by atoms with Gasteiger partial charge in [-0.3, -0.25) is 0 Å². The van der Waals surface area contributed by atoms with Crippen LogP contribution in [0, 0.1) is 18.8 Å². The normalized spacial score (nSPS) is 16.5. The molecule has 0 amide bonds. The summed E-state index contributed by atoms with van der Waals surface area (Å²) in [4.78, 5) is 8.51. The maximum atomic E-state index is 6.10. The molecular weight excluding hydrogens is 328 g/mol. The predicted molar refractivity (Wildman–Crippen MR) is 100.0 cm³/mol. The largest absolute Gasteiger partial charge is 0.497 e. The minimum atomic E-state index is 0.251. The Bertz CT molecular complexity index is 1020. The maximum Gasteiger partial charge on any atom is 0.164 e. The number of aromatic nitrogens is 4. The number of anilines is 1. The first-order valence-corrected chi connectivity index (χ1v) is 8.53. The molecule has 1 aliphatic heterocycles. The van der Waals surface area contributed by atoms with Crippen LogP contribution in [0.5, 0.6) is 5.75 Å². The number of rotatable bonds is 2. The molecule has 3 N–H and O–H groups in total. The third-order valence-electron chi connectivity index (χ3n) is 4.51. The van der Waals surface area contributed by atoms with Crippen LogP contribution >= 0.6 is 0 Å². The van der Waals surface area contributed by atoms with Crippen molar-refractivity contribution in [2.75, 3.05) is 25.9 Å². The van der Waals surface area contributed by atoms with E-state index in [0.29, 0.717) is 16.9 Å². The number of nitrogens with one attached hydrogen (secondary N) is 1. The van der Waals surface area contributed by atoms with Crippen molar-refractivity contribution in [1.82, 2.24) is 25.1 Å². The molecule has 3 heterocycles. The Hall–Kier alpha value is -3.11. The van der Waals surface area contributed by atoms with E-state index in [2.05, 4.69) is 27.1 Å². The summed E-state index contributed by atoms with van der Waals surface area (Å²) in [5.74, 6) is 7.50. The van der Waals surface area contributed by atoms with Crippen LogP contribution in [-0.4, -0.2) is 39.9 Å². The second-order valence-corrected chi connectivity index (χ2v) is 6.39. The molecule has 0 bridgehead atoms. The molecular formula is C19H20N6O. The van der Waals surface area contributed by atoms with E-state index in [1.807, 2.05) is 29.8 Å². The van der Waals surface area contributed by atoms with Crippen molar-refractivity contribution in [1.29, 1.82) is 0 Å². The summed E-state index contributed by atoms with van der Waals surface area (Å²) in [5.41, 5.74) is 9.39. The Labute approximate surface area is 151 Å². The fraction of sp³-hybridized carbons (Fsp3) is 0.316. The number of nitrogen functional groups attached to an aromatic ring is 1. The van der Waals surface area contributed by atoms with Crippen molar-refractivity contribution in [3.05, 3.63) is 41.3 Å². The zero-order valence-corrected chi connectivity index (χ0v) is 14.8. The van der Waals surface area contributed by atoms with Crippen LogP contribution in [-0.2, 0) is 0 Å². The van der Waals surface area contributed by atoms with E-state index in [-0.39, 0.29) is 6.04 Å². The lowest BCUT2D eigenvalue weighted by Gasteiger charge is -2.09. The van der Waals surface area contributed by atoms with Gasteiger partial charge in [-0.25, -0.2) is 14.6 Å². The molecule has 3 aromatic rings. The van der Waals surface area contributed by atoms with E-state index in [1.54, 1.807) is 7.11 Å². The third-order valence-corrected chi connectivity index (χ3v) is 4.51. The van der Waals surface area contributed by atoms with E-state index in [0.717, 1.165) is 42.0 Å². The molecule has 2 aromatic heterocycles. The van der Waals surface area contributed by atoms with Gasteiger partial charge < -0.3 is 15.8 Å². The molecule has 1 aliphatic rings. The summed E-state index contributed by atoms with van der Waals surface area (Å²) in [5, 5.41) is 8.77. The number of fused-ring (bicyclic) bond motifs is 1. The quantitative estimate of drug-likeness (QED) is 0.685. The van der Waals surface area contributed by atoms with Crippen LogP contribution in [0.3, 0.4) is 0 Å². The number of ether oxygens (including phenoxy) is 1. The number of nitrogens with zero attached hydrogens (tertiary/aromatic N) is 4. The first-order valence-electron chi connectivity index (χ1n) is 8.53. The fourth-order valence-corrected chi connectivity index (χ4v) is 3.25. The van der Waals surface area contributed by atoms with Crippen LogP contribution in [0.15, 0.2) is 24.5 Å². The molecule has 0 unspecified atom stereocenters. The summed E-state index contributed by atoms with van der Waals surface area (Å²) in [6.45, 7) is 3.84. The van der Waals surface area contributed by atoms with Crippen LogP contribution in [0.25, 0.3) is 11.0 Å².